The predicted molar refractivity (Wildman–Crippen MR) is 95.2 cm³/mol. The number of nitro benzene ring substituents is 2. The van der Waals surface area contributed by atoms with Gasteiger partial charge in [0, 0.05) is 31.7 Å². The van der Waals surface area contributed by atoms with Gasteiger partial charge in [0.05, 0.1) is 15.9 Å². The smallest absolute Gasteiger partial charge is 0.299 e. The van der Waals surface area contributed by atoms with E-state index >= 15 is 0 Å². The highest BCUT2D eigenvalue weighted by Crippen LogP contribution is 2.33. The quantitative estimate of drug-likeness (QED) is 0.246. The molecular formula is C14H16N8O6. The lowest BCUT2D eigenvalue weighted by molar-refractivity contribution is -0.393. The van der Waals surface area contributed by atoms with Crippen LogP contribution >= 0.6 is 0 Å². The van der Waals surface area contributed by atoms with Gasteiger partial charge in [-0.15, -0.1) is 0 Å². The van der Waals surface area contributed by atoms with Crippen LogP contribution in [0.3, 0.4) is 0 Å². The molecule has 1 fully saturated rings. The molecule has 2 aromatic rings. The third-order valence-electron chi connectivity index (χ3n) is 4.43. The van der Waals surface area contributed by atoms with E-state index in [4.69, 9.17) is 5.73 Å². The van der Waals surface area contributed by atoms with Crippen LogP contribution in [-0.4, -0.2) is 61.8 Å². The first-order chi connectivity index (χ1) is 13.3. The maximum atomic E-state index is 11.4. The van der Waals surface area contributed by atoms with Gasteiger partial charge in [-0.2, -0.15) is 0 Å². The van der Waals surface area contributed by atoms with Gasteiger partial charge in [0.25, 0.3) is 11.4 Å². The number of amidine groups is 1. The molecule has 1 aliphatic heterocycles. The van der Waals surface area contributed by atoms with Crippen molar-refractivity contribution in [1.82, 2.24) is 15.2 Å². The van der Waals surface area contributed by atoms with Crippen molar-refractivity contribution in [3.63, 3.8) is 0 Å². The Morgan fingerprint density at radius 3 is 2.61 bits per heavy atom. The number of nitro groups is 2. The zero-order valence-electron chi connectivity index (χ0n) is 14.6. The van der Waals surface area contributed by atoms with Gasteiger partial charge >= 0.3 is 0 Å². The summed E-state index contributed by atoms with van der Waals surface area (Å²) in [6, 6.07) is 3.26. The van der Waals surface area contributed by atoms with Crippen LogP contribution in [0, 0.1) is 20.2 Å². The lowest BCUT2D eigenvalue weighted by atomic mass is 10.1. The number of aromatic nitrogens is 2. The van der Waals surface area contributed by atoms with E-state index in [-0.39, 0.29) is 40.5 Å². The summed E-state index contributed by atoms with van der Waals surface area (Å²) in [5, 5.41) is 42.0. The van der Waals surface area contributed by atoms with Crippen molar-refractivity contribution in [3.8, 4) is 0 Å². The van der Waals surface area contributed by atoms with Crippen molar-refractivity contribution >= 4 is 28.7 Å². The van der Waals surface area contributed by atoms with Crippen molar-refractivity contribution in [3.05, 3.63) is 44.1 Å². The highest BCUT2D eigenvalue weighted by atomic mass is 16.6. The van der Waals surface area contributed by atoms with Gasteiger partial charge < -0.3 is 20.7 Å². The van der Waals surface area contributed by atoms with E-state index < -0.39 is 9.85 Å². The van der Waals surface area contributed by atoms with E-state index in [1.54, 1.807) is 9.80 Å². The number of non-ortho nitro benzene ring substituents is 1. The molecule has 14 heteroatoms. The summed E-state index contributed by atoms with van der Waals surface area (Å²) in [5.41, 5.74) is 5.30. The molecule has 1 atom stereocenters. The molecule has 0 unspecified atom stereocenters. The summed E-state index contributed by atoms with van der Waals surface area (Å²) in [4.78, 5) is 24.4. The zero-order chi connectivity index (χ0) is 20.4. The summed E-state index contributed by atoms with van der Waals surface area (Å²) >= 11 is 0. The Labute approximate surface area is 157 Å². The van der Waals surface area contributed by atoms with E-state index in [0.717, 1.165) is 6.07 Å². The molecule has 1 aliphatic rings. The van der Waals surface area contributed by atoms with Gasteiger partial charge in [0.15, 0.2) is 11.5 Å². The Morgan fingerprint density at radius 1 is 1.32 bits per heavy atom. The third kappa shape index (κ3) is 3.34. The Balaban J connectivity index is 1.85. The number of nitrogens with zero attached hydrogens (tertiary/aromatic N) is 7. The lowest BCUT2D eigenvalue weighted by Gasteiger charge is -2.41. The second kappa shape index (κ2) is 7.34. The average Bonchev–Trinajstić information content (AvgIpc) is 3.08. The number of hydrogen-bond donors (Lipinski definition) is 2. The summed E-state index contributed by atoms with van der Waals surface area (Å²) in [5.74, 6) is 0.0394. The highest BCUT2D eigenvalue weighted by molar-refractivity contribution is 6.00. The average molecular weight is 392 g/mol. The fourth-order valence-corrected chi connectivity index (χ4v) is 3.12. The molecule has 14 nitrogen and oxygen atoms in total. The van der Waals surface area contributed by atoms with Crippen molar-refractivity contribution in [1.29, 1.82) is 0 Å². The Bertz CT molecular complexity index is 944. The molecular weight excluding hydrogens is 376 g/mol. The maximum absolute atomic E-state index is 11.4. The first-order valence-electron chi connectivity index (χ1n) is 8.08. The molecule has 0 aliphatic carbocycles. The van der Waals surface area contributed by atoms with Crippen LogP contribution in [0.1, 0.15) is 12.6 Å². The van der Waals surface area contributed by atoms with Gasteiger partial charge in [-0.3, -0.25) is 20.2 Å². The molecule has 1 aromatic carbocycles. The minimum Gasteiger partial charge on any atom is -0.409 e. The number of nitrogens with two attached hydrogens (primary N) is 1. The number of piperazine rings is 1. The van der Waals surface area contributed by atoms with Crippen LogP contribution in [0.2, 0.25) is 0 Å². The Morgan fingerprint density at radius 2 is 2.07 bits per heavy atom. The van der Waals surface area contributed by atoms with Crippen molar-refractivity contribution < 1.29 is 19.7 Å². The summed E-state index contributed by atoms with van der Waals surface area (Å²) in [6.45, 7) is 2.79. The van der Waals surface area contributed by atoms with Crippen LogP contribution < -0.4 is 10.6 Å². The van der Waals surface area contributed by atoms with E-state index in [1.807, 2.05) is 6.92 Å². The zero-order valence-corrected chi connectivity index (χ0v) is 14.6. The molecule has 1 saturated heterocycles. The van der Waals surface area contributed by atoms with Crippen molar-refractivity contribution in [2.45, 2.75) is 13.0 Å². The largest absolute Gasteiger partial charge is 0.409 e. The highest BCUT2D eigenvalue weighted by Gasteiger charge is 2.33. The number of rotatable bonds is 4. The van der Waals surface area contributed by atoms with Crippen molar-refractivity contribution in [2.24, 2.45) is 5.16 Å². The maximum Gasteiger partial charge on any atom is 0.299 e. The monoisotopic (exact) mass is 392 g/mol. The third-order valence-corrected chi connectivity index (χ3v) is 4.43. The fraction of sp³-hybridized carbons (Fsp3) is 0.357. The summed E-state index contributed by atoms with van der Waals surface area (Å²) in [7, 11) is 0. The van der Waals surface area contributed by atoms with Crippen LogP contribution in [0.5, 0.6) is 0 Å². The molecule has 3 N–H and O–H groups in total. The number of benzene rings is 1. The van der Waals surface area contributed by atoms with E-state index in [9.17, 15) is 25.4 Å². The number of oxime groups is 1. The van der Waals surface area contributed by atoms with E-state index in [0.29, 0.717) is 19.6 Å². The molecule has 3 rings (SSSR count). The first kappa shape index (κ1) is 18.8. The molecule has 0 spiro atoms. The number of anilines is 2. The van der Waals surface area contributed by atoms with Crippen molar-refractivity contribution in [2.75, 3.05) is 30.3 Å². The van der Waals surface area contributed by atoms with Gasteiger partial charge in [-0.05, 0) is 23.3 Å². The van der Waals surface area contributed by atoms with Crippen LogP contribution in [0.4, 0.5) is 22.9 Å². The number of hydrogen-bond acceptors (Lipinski definition) is 11. The lowest BCUT2D eigenvalue weighted by Crippen LogP contribution is -2.54. The van der Waals surface area contributed by atoms with Crippen LogP contribution in [0.15, 0.2) is 28.0 Å². The minimum absolute atomic E-state index is 0.0339. The Kier molecular flexibility index (Phi) is 4.93. The summed E-state index contributed by atoms with van der Waals surface area (Å²) in [6.07, 6.45) is 0. The SMILES string of the molecule is C[C@@H]1CN(c2ccc([N+](=O)[O-])cc2[N+](=O)[O-])CCN1/C(=N\O)c1nonc1N. The van der Waals surface area contributed by atoms with Crippen LogP contribution in [0.25, 0.3) is 0 Å². The standard InChI is InChI=1S/C14H16N8O6/c1-8-7-19(10-3-2-9(21(24)25)6-11(10)22(26)27)4-5-20(8)14(16-23)12-13(15)18-28-17-12/h2-3,6,8,23H,4-5,7H2,1H3,(H2,15,18)/b16-14-/t8-/m1/s1. The van der Waals surface area contributed by atoms with Gasteiger partial charge in [0.2, 0.25) is 5.84 Å². The van der Waals surface area contributed by atoms with E-state index in [1.165, 1.54) is 12.1 Å². The van der Waals surface area contributed by atoms with E-state index in [2.05, 4.69) is 20.1 Å². The molecule has 0 saturated carbocycles. The van der Waals surface area contributed by atoms with Gasteiger partial charge in [-0.25, -0.2) is 4.63 Å². The van der Waals surface area contributed by atoms with Gasteiger partial charge in [-0.1, -0.05) is 5.16 Å². The second-order valence-electron chi connectivity index (χ2n) is 6.10. The molecule has 0 amide bonds. The molecule has 0 radical (unpaired) electrons. The van der Waals surface area contributed by atoms with Crippen LogP contribution in [-0.2, 0) is 0 Å². The van der Waals surface area contributed by atoms with Gasteiger partial charge in [0.1, 0.15) is 5.69 Å². The Hall–Kier alpha value is -3.97. The first-order valence-corrected chi connectivity index (χ1v) is 8.08. The number of nitrogen functional groups attached to an aromatic ring is 1. The minimum atomic E-state index is -0.683. The predicted octanol–water partition coefficient (Wildman–Crippen LogP) is 0.815. The molecule has 0 bridgehead atoms. The normalized spacial score (nSPS) is 17.6. The molecule has 148 valence electrons. The molecule has 28 heavy (non-hydrogen) atoms. The second-order valence-corrected chi connectivity index (χ2v) is 6.10. The molecule has 1 aromatic heterocycles. The fourth-order valence-electron chi connectivity index (χ4n) is 3.12. The topological polar surface area (TPSA) is 190 Å². The summed E-state index contributed by atoms with van der Waals surface area (Å²) < 4.78 is 4.53. The molecule has 2 heterocycles.